The first-order chi connectivity index (χ1) is 7.79. The Balaban J connectivity index is 2.65. The molecule has 0 heterocycles. The monoisotopic (exact) mass is 240 g/mol. The summed E-state index contributed by atoms with van der Waals surface area (Å²) in [5, 5.41) is 0. The Bertz CT molecular complexity index is 275. The zero-order valence-corrected chi connectivity index (χ0v) is 12.0. The van der Waals surface area contributed by atoms with Crippen molar-refractivity contribution in [1.29, 1.82) is 0 Å². The molecule has 0 saturated heterocycles. The summed E-state index contributed by atoms with van der Waals surface area (Å²) in [7, 11) is 1.94. The van der Waals surface area contributed by atoms with Crippen LogP contribution in [0.5, 0.6) is 0 Å². The predicted octanol–water partition coefficient (Wildman–Crippen LogP) is 2.40. The second-order valence-corrected chi connectivity index (χ2v) is 6.21. The summed E-state index contributed by atoms with van der Waals surface area (Å²) < 4.78 is 0. The van der Waals surface area contributed by atoms with Crippen LogP contribution >= 0.6 is 0 Å². The van der Waals surface area contributed by atoms with E-state index in [-0.39, 0.29) is 17.5 Å². The lowest BCUT2D eigenvalue weighted by molar-refractivity contribution is -0.140. The summed E-state index contributed by atoms with van der Waals surface area (Å²) in [6.07, 6.45) is 3.87. The fraction of sp³-hybridized carbons (Fsp3) is 0.929. The zero-order chi connectivity index (χ0) is 13.2. The van der Waals surface area contributed by atoms with E-state index in [1.54, 1.807) is 0 Å². The van der Waals surface area contributed by atoms with Gasteiger partial charge in [0.05, 0.1) is 0 Å². The van der Waals surface area contributed by atoms with Gasteiger partial charge in [-0.2, -0.15) is 0 Å². The molecule has 0 aromatic heterocycles. The molecule has 3 nitrogen and oxygen atoms in total. The van der Waals surface area contributed by atoms with Crippen LogP contribution in [-0.4, -0.2) is 29.4 Å². The van der Waals surface area contributed by atoms with Gasteiger partial charge in [-0.15, -0.1) is 0 Å². The third-order valence-electron chi connectivity index (χ3n) is 4.69. The molecule has 1 saturated carbocycles. The number of hydrogen-bond acceptors (Lipinski definition) is 2. The molecule has 0 aromatic carbocycles. The smallest absolute Gasteiger partial charge is 0.225 e. The molecular weight excluding hydrogens is 212 g/mol. The molecule has 1 fully saturated rings. The summed E-state index contributed by atoms with van der Waals surface area (Å²) in [5.74, 6) is 0.951. The van der Waals surface area contributed by atoms with Gasteiger partial charge in [-0.05, 0) is 45.4 Å². The molecule has 0 aliphatic heterocycles. The van der Waals surface area contributed by atoms with E-state index in [4.69, 9.17) is 5.73 Å². The van der Waals surface area contributed by atoms with Gasteiger partial charge in [0, 0.05) is 24.5 Å². The SMILES string of the molecule is CCC(C)(C)N(C)C(=O)C1CCC(N)C(C)C1. The summed E-state index contributed by atoms with van der Waals surface area (Å²) in [6, 6.07) is 0.281. The van der Waals surface area contributed by atoms with E-state index in [0.717, 1.165) is 25.7 Å². The highest BCUT2D eigenvalue weighted by Crippen LogP contribution is 2.31. The van der Waals surface area contributed by atoms with Crippen LogP contribution in [0, 0.1) is 11.8 Å². The minimum atomic E-state index is -0.0418. The van der Waals surface area contributed by atoms with Gasteiger partial charge in [0.2, 0.25) is 5.91 Å². The van der Waals surface area contributed by atoms with Gasteiger partial charge in [-0.25, -0.2) is 0 Å². The van der Waals surface area contributed by atoms with Crippen molar-refractivity contribution in [1.82, 2.24) is 4.90 Å². The van der Waals surface area contributed by atoms with Crippen LogP contribution in [0.4, 0.5) is 0 Å². The molecule has 100 valence electrons. The molecule has 1 aliphatic carbocycles. The van der Waals surface area contributed by atoms with Gasteiger partial charge >= 0.3 is 0 Å². The van der Waals surface area contributed by atoms with Crippen molar-refractivity contribution in [2.75, 3.05) is 7.05 Å². The molecule has 3 unspecified atom stereocenters. The molecule has 1 amide bonds. The molecule has 0 aromatic rings. The first-order valence-electron chi connectivity index (χ1n) is 6.82. The molecule has 0 radical (unpaired) electrons. The summed E-state index contributed by atoms with van der Waals surface area (Å²) in [4.78, 5) is 14.4. The fourth-order valence-corrected chi connectivity index (χ4v) is 2.45. The number of carbonyl (C=O) groups is 1. The third kappa shape index (κ3) is 3.21. The second-order valence-electron chi connectivity index (χ2n) is 6.21. The maximum Gasteiger partial charge on any atom is 0.225 e. The van der Waals surface area contributed by atoms with E-state index in [1.165, 1.54) is 0 Å². The first kappa shape index (κ1) is 14.5. The van der Waals surface area contributed by atoms with Crippen LogP contribution in [-0.2, 0) is 4.79 Å². The maximum atomic E-state index is 12.4. The molecule has 1 aliphatic rings. The van der Waals surface area contributed by atoms with Crippen molar-refractivity contribution in [3.8, 4) is 0 Å². The highest BCUT2D eigenvalue weighted by Gasteiger charge is 2.34. The Hall–Kier alpha value is -0.570. The number of nitrogens with zero attached hydrogens (tertiary/aromatic N) is 1. The van der Waals surface area contributed by atoms with Gasteiger partial charge in [-0.3, -0.25) is 4.79 Å². The van der Waals surface area contributed by atoms with Gasteiger partial charge in [-0.1, -0.05) is 13.8 Å². The van der Waals surface area contributed by atoms with E-state index < -0.39 is 0 Å². The Morgan fingerprint density at radius 1 is 1.41 bits per heavy atom. The summed E-state index contributed by atoms with van der Waals surface area (Å²) >= 11 is 0. The van der Waals surface area contributed by atoms with E-state index in [0.29, 0.717) is 11.8 Å². The Kier molecular flexibility index (Phi) is 4.59. The minimum absolute atomic E-state index is 0.0418. The van der Waals surface area contributed by atoms with Crippen LogP contribution in [0.3, 0.4) is 0 Å². The molecule has 0 spiro atoms. The lowest BCUT2D eigenvalue weighted by Crippen LogP contribution is -2.49. The van der Waals surface area contributed by atoms with E-state index >= 15 is 0 Å². The van der Waals surface area contributed by atoms with Crippen molar-refractivity contribution < 1.29 is 4.79 Å². The molecule has 1 rings (SSSR count). The highest BCUT2D eigenvalue weighted by molar-refractivity contribution is 5.79. The van der Waals surface area contributed by atoms with Crippen LogP contribution in [0.2, 0.25) is 0 Å². The van der Waals surface area contributed by atoms with Crippen molar-refractivity contribution in [2.24, 2.45) is 17.6 Å². The molecule has 3 heteroatoms. The molecule has 2 N–H and O–H groups in total. The Labute approximate surface area is 106 Å². The van der Waals surface area contributed by atoms with Crippen LogP contribution < -0.4 is 5.73 Å². The number of rotatable bonds is 3. The molecule has 3 atom stereocenters. The molecule has 17 heavy (non-hydrogen) atoms. The normalized spacial score (nSPS) is 30.1. The van der Waals surface area contributed by atoms with Gasteiger partial charge in [0.25, 0.3) is 0 Å². The molecular formula is C14H28N2O. The van der Waals surface area contributed by atoms with Gasteiger partial charge in [0.1, 0.15) is 0 Å². The second kappa shape index (κ2) is 5.38. The number of hydrogen-bond donors (Lipinski definition) is 1. The van der Waals surface area contributed by atoms with Crippen molar-refractivity contribution in [3.63, 3.8) is 0 Å². The van der Waals surface area contributed by atoms with Crippen LogP contribution in [0.15, 0.2) is 0 Å². The van der Waals surface area contributed by atoms with Gasteiger partial charge < -0.3 is 10.6 Å². The number of amides is 1. The Morgan fingerprint density at radius 3 is 2.47 bits per heavy atom. The predicted molar refractivity (Wildman–Crippen MR) is 71.6 cm³/mol. The van der Waals surface area contributed by atoms with Crippen molar-refractivity contribution >= 4 is 5.91 Å². The van der Waals surface area contributed by atoms with Crippen molar-refractivity contribution in [2.45, 2.75) is 65.0 Å². The average Bonchev–Trinajstić information content (AvgIpc) is 2.30. The highest BCUT2D eigenvalue weighted by atomic mass is 16.2. The summed E-state index contributed by atoms with van der Waals surface area (Å²) in [6.45, 7) is 8.55. The van der Waals surface area contributed by atoms with E-state index in [2.05, 4.69) is 27.7 Å². The third-order valence-corrected chi connectivity index (χ3v) is 4.69. The number of nitrogens with two attached hydrogens (primary N) is 1. The summed E-state index contributed by atoms with van der Waals surface area (Å²) in [5.41, 5.74) is 5.96. The van der Waals surface area contributed by atoms with E-state index in [9.17, 15) is 4.79 Å². The average molecular weight is 240 g/mol. The number of carbonyl (C=O) groups excluding carboxylic acids is 1. The first-order valence-corrected chi connectivity index (χ1v) is 6.82. The largest absolute Gasteiger partial charge is 0.340 e. The molecule has 0 bridgehead atoms. The lowest BCUT2D eigenvalue weighted by Gasteiger charge is -2.39. The zero-order valence-electron chi connectivity index (χ0n) is 12.0. The minimum Gasteiger partial charge on any atom is -0.340 e. The standard InChI is InChI=1S/C14H28N2O/c1-6-14(3,4)16(5)13(17)11-7-8-12(15)10(2)9-11/h10-12H,6-9,15H2,1-5H3. The topological polar surface area (TPSA) is 46.3 Å². The Morgan fingerprint density at radius 2 is 2.00 bits per heavy atom. The quantitative estimate of drug-likeness (QED) is 0.823. The van der Waals surface area contributed by atoms with Gasteiger partial charge in [0.15, 0.2) is 0 Å². The van der Waals surface area contributed by atoms with E-state index in [1.807, 2.05) is 11.9 Å². The van der Waals surface area contributed by atoms with Crippen LogP contribution in [0.1, 0.15) is 53.4 Å². The fourth-order valence-electron chi connectivity index (χ4n) is 2.45. The lowest BCUT2D eigenvalue weighted by atomic mass is 9.78. The maximum absolute atomic E-state index is 12.4. The van der Waals surface area contributed by atoms with Crippen LogP contribution in [0.25, 0.3) is 0 Å². The van der Waals surface area contributed by atoms with Crippen molar-refractivity contribution in [3.05, 3.63) is 0 Å².